The van der Waals surface area contributed by atoms with Crippen LogP contribution in [0.3, 0.4) is 0 Å². The van der Waals surface area contributed by atoms with Gasteiger partial charge >= 0.3 is 16.9 Å². The number of unbranched alkanes of at least 4 members (excludes halogenated alkanes) is 1. The molecule has 0 amide bonds. The van der Waals surface area contributed by atoms with Gasteiger partial charge in [0.05, 0.1) is 23.3 Å². The Kier molecular flexibility index (Phi) is 6.52. The zero-order valence-electron chi connectivity index (χ0n) is 14.0. The molecule has 0 aliphatic rings. The number of benzene rings is 1. The third kappa shape index (κ3) is 4.70. The van der Waals surface area contributed by atoms with Gasteiger partial charge in [0.2, 0.25) is 0 Å². The van der Waals surface area contributed by atoms with E-state index in [1.165, 1.54) is 31.2 Å². The van der Waals surface area contributed by atoms with Crippen LogP contribution >= 0.6 is 0 Å². The first-order chi connectivity index (χ1) is 12.3. The third-order valence-corrected chi connectivity index (χ3v) is 4.97. The van der Waals surface area contributed by atoms with Gasteiger partial charge in [0, 0.05) is 0 Å². The van der Waals surface area contributed by atoms with Crippen LogP contribution in [0, 0.1) is 5.21 Å². The fourth-order valence-electron chi connectivity index (χ4n) is 1.92. The highest BCUT2D eigenvalue weighted by Crippen LogP contribution is 2.24. The Hall–Kier alpha value is -2.66. The van der Waals surface area contributed by atoms with Gasteiger partial charge in [-0.3, -0.25) is 9.42 Å². The topological polar surface area (TPSA) is 149 Å². The minimum Gasteiger partial charge on any atom is -0.465 e. The summed E-state index contributed by atoms with van der Waals surface area (Å²) in [7, 11) is -4.14. The number of sulfone groups is 1. The van der Waals surface area contributed by atoms with Crippen molar-refractivity contribution in [2.24, 2.45) is 5.73 Å². The van der Waals surface area contributed by atoms with Gasteiger partial charge in [-0.1, -0.05) is 18.2 Å². The third-order valence-electron chi connectivity index (χ3n) is 3.25. The number of nitrogens with zero attached hydrogens (tertiary/aromatic N) is 2. The lowest BCUT2D eigenvalue weighted by Gasteiger charge is -2.06. The van der Waals surface area contributed by atoms with E-state index in [2.05, 4.69) is 9.79 Å². The molecule has 2 rings (SSSR count). The molecule has 0 unspecified atom stereocenters. The molecule has 0 spiro atoms. The summed E-state index contributed by atoms with van der Waals surface area (Å²) in [4.78, 5) is 10.9. The van der Waals surface area contributed by atoms with Gasteiger partial charge in [0.15, 0.2) is 0 Å². The predicted octanol–water partition coefficient (Wildman–Crippen LogP) is 0.190. The highest BCUT2D eigenvalue weighted by atomic mass is 32.2. The number of hydrogen-bond acceptors (Lipinski definition) is 9. The summed E-state index contributed by atoms with van der Waals surface area (Å²) >= 11 is 0. The van der Waals surface area contributed by atoms with Crippen molar-refractivity contribution in [3.05, 3.63) is 35.5 Å². The molecule has 1 atom stereocenters. The van der Waals surface area contributed by atoms with Gasteiger partial charge in [0.1, 0.15) is 6.04 Å². The summed E-state index contributed by atoms with van der Waals surface area (Å²) in [6.45, 7) is 1.72. The number of carbonyl (C=O) groups excluding carboxylic acids is 1. The smallest absolute Gasteiger partial charge is 0.414 e. The van der Waals surface area contributed by atoms with Gasteiger partial charge in [0.25, 0.3) is 9.84 Å². The molecule has 1 aromatic heterocycles. The molecule has 2 N–H and O–H groups in total. The van der Waals surface area contributed by atoms with E-state index in [0.717, 1.165) is 0 Å². The van der Waals surface area contributed by atoms with Crippen molar-refractivity contribution in [2.45, 2.75) is 35.7 Å². The fourth-order valence-corrected chi connectivity index (χ4v) is 3.21. The van der Waals surface area contributed by atoms with Crippen molar-refractivity contribution in [1.29, 1.82) is 0 Å². The number of hydrogen-bond donors (Lipinski definition) is 1. The van der Waals surface area contributed by atoms with E-state index < -0.39 is 32.8 Å². The molecule has 26 heavy (non-hydrogen) atoms. The zero-order chi connectivity index (χ0) is 19.2. The highest BCUT2D eigenvalue weighted by Gasteiger charge is 2.35. The van der Waals surface area contributed by atoms with Crippen LogP contribution in [0.25, 0.3) is 0 Å². The molecular formula is C15H19N3O7S. The molecular weight excluding hydrogens is 366 g/mol. The van der Waals surface area contributed by atoms with Crippen molar-refractivity contribution in [1.82, 2.24) is 5.16 Å². The van der Waals surface area contributed by atoms with Gasteiger partial charge in [-0.05, 0) is 36.8 Å². The standard InChI is InChI=1S/C15H19N3O7S/c1-11(16)15(19)24-10-6-5-9-23-13-14(18(20)25-17-13)26(21,22)12-7-3-2-4-8-12/h2-4,7-8,11H,5-6,9-10,16H2,1H3/t11-/m0/s1. The first-order valence-electron chi connectivity index (χ1n) is 7.79. The number of ether oxygens (including phenoxy) is 2. The Bertz CT molecular complexity index is 834. The molecule has 1 heterocycles. The molecule has 0 saturated heterocycles. The SMILES string of the molecule is C[C@H](N)C(=O)OCCCCOc1no[n+]([O-])c1S(=O)(=O)c1ccccc1. The Morgan fingerprint density at radius 2 is 1.96 bits per heavy atom. The molecule has 0 radical (unpaired) electrons. The Morgan fingerprint density at radius 1 is 1.31 bits per heavy atom. The van der Waals surface area contributed by atoms with Crippen LogP contribution in [0.1, 0.15) is 19.8 Å². The maximum Gasteiger partial charge on any atom is 0.414 e. The second-order valence-corrected chi connectivity index (χ2v) is 7.23. The molecule has 0 aliphatic carbocycles. The minimum absolute atomic E-state index is 0.0551. The van der Waals surface area contributed by atoms with Crippen LogP contribution < -0.4 is 15.4 Å². The molecule has 1 aromatic carbocycles. The van der Waals surface area contributed by atoms with E-state index in [1.807, 2.05) is 0 Å². The number of esters is 1. The Morgan fingerprint density at radius 3 is 2.62 bits per heavy atom. The van der Waals surface area contributed by atoms with Crippen LogP contribution in [0.2, 0.25) is 0 Å². The molecule has 2 aromatic rings. The number of aromatic nitrogens is 2. The van der Waals surface area contributed by atoms with Gasteiger partial charge in [-0.15, -0.1) is 0 Å². The normalized spacial score (nSPS) is 12.5. The predicted molar refractivity (Wildman–Crippen MR) is 86.7 cm³/mol. The maximum atomic E-state index is 12.5. The number of nitrogens with two attached hydrogens (primary N) is 1. The quantitative estimate of drug-likeness (QED) is 0.362. The van der Waals surface area contributed by atoms with Crippen LogP contribution in [0.15, 0.2) is 44.9 Å². The second-order valence-electron chi connectivity index (χ2n) is 5.37. The summed E-state index contributed by atoms with van der Waals surface area (Å²) in [5.74, 6) is -0.928. The molecule has 11 heteroatoms. The Labute approximate surface area is 149 Å². The van der Waals surface area contributed by atoms with E-state index in [0.29, 0.717) is 12.8 Å². The number of rotatable bonds is 9. The van der Waals surface area contributed by atoms with E-state index in [1.54, 1.807) is 6.07 Å². The van der Waals surface area contributed by atoms with Crippen molar-refractivity contribution in [3.8, 4) is 5.88 Å². The van der Waals surface area contributed by atoms with Crippen LogP contribution in [-0.4, -0.2) is 38.8 Å². The van der Waals surface area contributed by atoms with E-state index in [-0.39, 0.29) is 23.0 Å². The van der Waals surface area contributed by atoms with Gasteiger partial charge in [-0.2, -0.15) is 0 Å². The average Bonchev–Trinajstić information content (AvgIpc) is 2.99. The molecule has 0 bridgehead atoms. The zero-order valence-corrected chi connectivity index (χ0v) is 14.8. The molecule has 0 aliphatic heterocycles. The maximum absolute atomic E-state index is 12.5. The monoisotopic (exact) mass is 385 g/mol. The average molecular weight is 385 g/mol. The lowest BCUT2D eigenvalue weighted by atomic mass is 10.3. The van der Waals surface area contributed by atoms with Crippen molar-refractivity contribution < 1.29 is 32.2 Å². The van der Waals surface area contributed by atoms with E-state index in [9.17, 15) is 18.4 Å². The van der Waals surface area contributed by atoms with Gasteiger partial charge < -0.3 is 20.4 Å². The van der Waals surface area contributed by atoms with Crippen molar-refractivity contribution in [2.75, 3.05) is 13.2 Å². The van der Waals surface area contributed by atoms with Crippen LogP contribution in [-0.2, 0) is 19.4 Å². The van der Waals surface area contributed by atoms with Crippen LogP contribution in [0.5, 0.6) is 5.88 Å². The molecule has 142 valence electrons. The molecule has 0 saturated carbocycles. The lowest BCUT2D eigenvalue weighted by molar-refractivity contribution is -0.832. The Balaban J connectivity index is 1.95. The lowest BCUT2D eigenvalue weighted by Crippen LogP contribution is -2.31. The summed E-state index contributed by atoms with van der Waals surface area (Å²) in [6.07, 6.45) is 0.900. The first-order valence-corrected chi connectivity index (χ1v) is 9.27. The summed E-state index contributed by atoms with van der Waals surface area (Å²) in [5, 5.41) is 14.3. The summed E-state index contributed by atoms with van der Waals surface area (Å²) in [6, 6.07) is 6.70. The fraction of sp³-hybridized carbons (Fsp3) is 0.400. The largest absolute Gasteiger partial charge is 0.465 e. The van der Waals surface area contributed by atoms with Gasteiger partial charge in [-0.25, -0.2) is 8.42 Å². The molecule has 0 fully saturated rings. The number of carbonyl (C=O) groups is 1. The summed E-state index contributed by atoms with van der Waals surface area (Å²) < 4.78 is 39.6. The summed E-state index contributed by atoms with van der Waals surface area (Å²) in [5.41, 5.74) is 5.35. The van der Waals surface area contributed by atoms with E-state index >= 15 is 0 Å². The molecule has 10 nitrogen and oxygen atoms in total. The first kappa shape index (κ1) is 19.7. The van der Waals surface area contributed by atoms with Crippen LogP contribution in [0.4, 0.5) is 0 Å². The highest BCUT2D eigenvalue weighted by molar-refractivity contribution is 7.91. The minimum atomic E-state index is -4.14. The van der Waals surface area contributed by atoms with Crippen molar-refractivity contribution >= 4 is 15.8 Å². The second kappa shape index (κ2) is 8.63. The van der Waals surface area contributed by atoms with E-state index in [4.69, 9.17) is 15.2 Å². The van der Waals surface area contributed by atoms with Crippen molar-refractivity contribution in [3.63, 3.8) is 0 Å².